The summed E-state index contributed by atoms with van der Waals surface area (Å²) in [6, 6.07) is 8.51. The second kappa shape index (κ2) is 7.37. The van der Waals surface area contributed by atoms with E-state index < -0.39 is 5.79 Å². The van der Waals surface area contributed by atoms with Gasteiger partial charge < -0.3 is 19.8 Å². The maximum absolute atomic E-state index is 6.38. The summed E-state index contributed by atoms with van der Waals surface area (Å²) in [5, 5.41) is 3.30. The molecule has 1 aliphatic heterocycles. The van der Waals surface area contributed by atoms with Crippen LogP contribution in [0.25, 0.3) is 21.8 Å². The van der Waals surface area contributed by atoms with Gasteiger partial charge in [-0.05, 0) is 62.3 Å². The van der Waals surface area contributed by atoms with Crippen LogP contribution in [0.15, 0.2) is 60.8 Å². The quantitative estimate of drug-likeness (QED) is 0.469. The molecule has 33 heavy (non-hydrogen) atoms. The van der Waals surface area contributed by atoms with E-state index in [0.717, 1.165) is 23.9 Å². The third-order valence-electron chi connectivity index (χ3n) is 6.75. The summed E-state index contributed by atoms with van der Waals surface area (Å²) in [7, 11) is 0. The lowest BCUT2D eigenvalue weighted by atomic mass is 9.96. The zero-order valence-corrected chi connectivity index (χ0v) is 19.0. The maximum atomic E-state index is 6.38. The minimum atomic E-state index is -0.635. The molecule has 0 spiro atoms. The van der Waals surface area contributed by atoms with Crippen LogP contribution < -0.4 is 5.73 Å². The van der Waals surface area contributed by atoms with E-state index in [1.165, 1.54) is 33.8 Å². The number of hydrogen-bond donors (Lipinski definition) is 1. The van der Waals surface area contributed by atoms with Crippen LogP contribution in [0, 0.1) is 6.92 Å². The molecule has 1 aliphatic carbocycles. The van der Waals surface area contributed by atoms with Crippen molar-refractivity contribution >= 4 is 27.6 Å². The predicted molar refractivity (Wildman–Crippen MR) is 128 cm³/mol. The van der Waals surface area contributed by atoms with Gasteiger partial charge >= 0.3 is 0 Å². The van der Waals surface area contributed by atoms with Gasteiger partial charge in [-0.15, -0.1) is 0 Å². The van der Waals surface area contributed by atoms with Gasteiger partial charge in [-0.3, -0.25) is 4.98 Å². The summed E-state index contributed by atoms with van der Waals surface area (Å²) < 4.78 is 14.9. The largest absolute Gasteiger partial charge is 0.383 e. The standard InChI is InChI=1S/C26H27N5O2/c1-15-10-16(20-13-28-8-6-17(20)11-15)4-5-18-12-21(23-22(18)32-26(2,3)33-23)31-9-7-19-24(27)29-14-30-25(19)31/h6-14,21-23H,4-5H2,1-3H3,(H2,27,29,30)/t21-,22-,23+/m1/s1. The highest BCUT2D eigenvalue weighted by atomic mass is 16.8. The topological polar surface area (TPSA) is 88.1 Å². The summed E-state index contributed by atoms with van der Waals surface area (Å²) in [6.07, 6.45) is 11.2. The smallest absolute Gasteiger partial charge is 0.164 e. The van der Waals surface area contributed by atoms with Crippen molar-refractivity contribution in [1.29, 1.82) is 0 Å². The van der Waals surface area contributed by atoms with Crippen molar-refractivity contribution in [1.82, 2.24) is 19.5 Å². The molecule has 0 saturated carbocycles. The maximum Gasteiger partial charge on any atom is 0.164 e. The number of benzene rings is 1. The summed E-state index contributed by atoms with van der Waals surface area (Å²) >= 11 is 0. The number of nitrogen functional groups attached to an aromatic ring is 1. The number of anilines is 1. The fourth-order valence-corrected chi connectivity index (χ4v) is 5.35. The summed E-state index contributed by atoms with van der Waals surface area (Å²) in [6.45, 7) is 6.10. The molecule has 0 bridgehead atoms. The molecule has 3 atom stereocenters. The molecule has 1 aromatic carbocycles. The van der Waals surface area contributed by atoms with Gasteiger partial charge in [-0.25, -0.2) is 9.97 Å². The Balaban J connectivity index is 1.36. The van der Waals surface area contributed by atoms with Crippen LogP contribution in [-0.2, 0) is 15.9 Å². The van der Waals surface area contributed by atoms with Crippen molar-refractivity contribution in [3.05, 3.63) is 72.0 Å². The molecule has 7 nitrogen and oxygen atoms in total. The van der Waals surface area contributed by atoms with E-state index >= 15 is 0 Å². The van der Waals surface area contributed by atoms with Gasteiger partial charge in [0.05, 0.1) is 11.4 Å². The first-order valence-electron chi connectivity index (χ1n) is 11.4. The van der Waals surface area contributed by atoms with Crippen LogP contribution in [0.2, 0.25) is 0 Å². The van der Waals surface area contributed by atoms with Gasteiger partial charge in [0.25, 0.3) is 0 Å². The highest BCUT2D eigenvalue weighted by molar-refractivity contribution is 5.86. The van der Waals surface area contributed by atoms with Crippen molar-refractivity contribution in [2.24, 2.45) is 0 Å². The molecule has 2 aliphatic rings. The lowest BCUT2D eigenvalue weighted by Gasteiger charge is -2.22. The Hall–Kier alpha value is -3.29. The third-order valence-corrected chi connectivity index (χ3v) is 6.75. The monoisotopic (exact) mass is 441 g/mol. The summed E-state index contributed by atoms with van der Waals surface area (Å²) in [4.78, 5) is 13.0. The van der Waals surface area contributed by atoms with Gasteiger partial charge in [-0.1, -0.05) is 23.8 Å². The molecule has 7 heteroatoms. The van der Waals surface area contributed by atoms with Gasteiger partial charge in [0.15, 0.2) is 5.79 Å². The Morgan fingerprint density at radius 3 is 2.85 bits per heavy atom. The lowest BCUT2D eigenvalue weighted by Crippen LogP contribution is -2.27. The van der Waals surface area contributed by atoms with Crippen molar-refractivity contribution in [2.45, 2.75) is 57.6 Å². The number of fused-ring (bicyclic) bond motifs is 3. The van der Waals surface area contributed by atoms with Crippen LogP contribution in [0.4, 0.5) is 5.82 Å². The normalized spacial score (nSPS) is 23.8. The molecule has 4 heterocycles. The molecule has 2 N–H and O–H groups in total. The number of rotatable bonds is 4. The lowest BCUT2D eigenvalue weighted by molar-refractivity contribution is -0.147. The zero-order valence-electron chi connectivity index (χ0n) is 19.0. The number of nitrogens with two attached hydrogens (primary N) is 1. The number of nitrogens with zero attached hydrogens (tertiary/aromatic N) is 4. The molecule has 3 aromatic heterocycles. The number of hydrogen-bond acceptors (Lipinski definition) is 6. The molecule has 168 valence electrons. The van der Waals surface area contributed by atoms with E-state index in [1.807, 2.05) is 38.5 Å². The second-order valence-corrected chi connectivity index (χ2v) is 9.49. The van der Waals surface area contributed by atoms with Crippen LogP contribution in [0.3, 0.4) is 0 Å². The molecule has 1 saturated heterocycles. The first kappa shape index (κ1) is 20.3. The van der Waals surface area contributed by atoms with Gasteiger partial charge in [0.1, 0.15) is 30.0 Å². The van der Waals surface area contributed by atoms with E-state index in [9.17, 15) is 0 Å². The molecular weight excluding hydrogens is 414 g/mol. The molecule has 1 fully saturated rings. The number of aryl methyl sites for hydroxylation is 2. The number of aromatic nitrogens is 4. The van der Waals surface area contributed by atoms with E-state index in [1.54, 1.807) is 0 Å². The Morgan fingerprint density at radius 2 is 1.97 bits per heavy atom. The molecule has 4 aromatic rings. The highest BCUT2D eigenvalue weighted by Crippen LogP contribution is 2.45. The molecule has 0 unspecified atom stereocenters. The van der Waals surface area contributed by atoms with Crippen LogP contribution in [0.5, 0.6) is 0 Å². The van der Waals surface area contributed by atoms with E-state index in [0.29, 0.717) is 5.82 Å². The Kier molecular flexibility index (Phi) is 4.54. The van der Waals surface area contributed by atoms with Crippen molar-refractivity contribution in [3.8, 4) is 0 Å². The van der Waals surface area contributed by atoms with Gasteiger partial charge in [0, 0.05) is 24.0 Å². The van der Waals surface area contributed by atoms with Crippen molar-refractivity contribution < 1.29 is 9.47 Å². The second-order valence-electron chi connectivity index (χ2n) is 9.49. The number of pyridine rings is 1. The molecular formula is C26H27N5O2. The van der Waals surface area contributed by atoms with Crippen LogP contribution in [-0.4, -0.2) is 37.5 Å². The van der Waals surface area contributed by atoms with Crippen molar-refractivity contribution in [3.63, 3.8) is 0 Å². The van der Waals surface area contributed by atoms with E-state index in [4.69, 9.17) is 15.2 Å². The molecule has 0 radical (unpaired) electrons. The first-order valence-corrected chi connectivity index (χ1v) is 11.4. The van der Waals surface area contributed by atoms with Gasteiger partial charge in [-0.2, -0.15) is 0 Å². The molecule has 6 rings (SSSR count). The van der Waals surface area contributed by atoms with E-state index in [2.05, 4.69) is 50.7 Å². The summed E-state index contributed by atoms with van der Waals surface area (Å²) in [5.74, 6) is -0.148. The SMILES string of the molecule is Cc1cc(CCC2=C[C@@H](n3ccc4c(N)ncnc43)[C@@H]3OC(C)(C)O[C@H]23)c2cnccc2c1. The third kappa shape index (κ3) is 3.39. The first-order chi connectivity index (χ1) is 15.9. The fraction of sp³-hybridized carbons (Fsp3) is 0.346. The van der Waals surface area contributed by atoms with E-state index in [-0.39, 0.29) is 18.2 Å². The fourth-order valence-electron chi connectivity index (χ4n) is 5.35. The van der Waals surface area contributed by atoms with Gasteiger partial charge in [0.2, 0.25) is 0 Å². The van der Waals surface area contributed by atoms with Crippen molar-refractivity contribution in [2.75, 3.05) is 5.73 Å². The average Bonchev–Trinajstić information content (AvgIpc) is 3.43. The van der Waals surface area contributed by atoms with Crippen LogP contribution in [0.1, 0.15) is 37.4 Å². The highest BCUT2D eigenvalue weighted by Gasteiger charge is 2.50. The Labute approximate surface area is 192 Å². The van der Waals surface area contributed by atoms with Crippen LogP contribution >= 0.6 is 0 Å². The average molecular weight is 442 g/mol. The minimum Gasteiger partial charge on any atom is -0.383 e. The molecule has 0 amide bonds. The predicted octanol–water partition coefficient (Wildman–Crippen LogP) is 4.50. The zero-order chi connectivity index (χ0) is 22.7. The Bertz CT molecular complexity index is 1410. The number of ether oxygens (including phenoxy) is 2. The minimum absolute atomic E-state index is 0.0190. The summed E-state index contributed by atoms with van der Waals surface area (Å²) in [5.41, 5.74) is 10.7. The Morgan fingerprint density at radius 1 is 1.09 bits per heavy atom.